The lowest BCUT2D eigenvalue weighted by molar-refractivity contribution is -0.134. The topological polar surface area (TPSA) is 32.7 Å². The Labute approximate surface area is 92.4 Å². The monoisotopic (exact) mass is 213 g/mol. The average molecular weight is 213 g/mol. The van der Waals surface area contributed by atoms with Gasteiger partial charge in [0.25, 0.3) is 0 Å². The van der Waals surface area contributed by atoms with Crippen LogP contribution in [0.25, 0.3) is 0 Å². The second-order valence-electron chi connectivity index (χ2n) is 5.48. The van der Waals surface area contributed by atoms with Gasteiger partial charge < -0.3 is 9.84 Å². The molecular weight excluding hydrogens is 190 g/mol. The van der Waals surface area contributed by atoms with Crippen molar-refractivity contribution < 1.29 is 9.84 Å². The summed E-state index contributed by atoms with van der Waals surface area (Å²) in [5.41, 5.74) is -0.412. The fourth-order valence-corrected chi connectivity index (χ4v) is 2.52. The van der Waals surface area contributed by atoms with Gasteiger partial charge in [0.15, 0.2) is 0 Å². The highest BCUT2D eigenvalue weighted by Gasteiger charge is 2.43. The Bertz CT molecular complexity index is 206. The molecule has 0 spiro atoms. The summed E-state index contributed by atoms with van der Waals surface area (Å²) in [6.45, 7) is 8.93. The molecule has 0 amide bonds. The van der Waals surface area contributed by atoms with Gasteiger partial charge in [-0.1, -0.05) is 13.8 Å². The van der Waals surface area contributed by atoms with E-state index >= 15 is 0 Å². The van der Waals surface area contributed by atoms with Crippen LogP contribution >= 0.6 is 0 Å². The van der Waals surface area contributed by atoms with Crippen LogP contribution in [0.3, 0.4) is 0 Å². The molecule has 3 heteroatoms. The Kier molecular flexibility index (Phi) is 3.33. The molecule has 15 heavy (non-hydrogen) atoms. The molecule has 0 bridgehead atoms. The van der Waals surface area contributed by atoms with E-state index in [-0.39, 0.29) is 0 Å². The van der Waals surface area contributed by atoms with Crippen LogP contribution in [0, 0.1) is 11.8 Å². The predicted octanol–water partition coefficient (Wildman–Crippen LogP) is 1.12. The number of hydrogen-bond donors (Lipinski definition) is 1. The van der Waals surface area contributed by atoms with E-state index in [0.29, 0.717) is 5.92 Å². The second-order valence-corrected chi connectivity index (χ2v) is 5.48. The smallest absolute Gasteiger partial charge is 0.0922 e. The Morgan fingerprint density at radius 1 is 1.33 bits per heavy atom. The molecule has 3 nitrogen and oxygen atoms in total. The van der Waals surface area contributed by atoms with Crippen LogP contribution in [0.4, 0.5) is 0 Å². The SMILES string of the molecule is CC(C)C1(O)CN(CC2CCOCC2)C1. The maximum atomic E-state index is 10.1. The van der Waals surface area contributed by atoms with Crippen molar-refractivity contribution in [3.63, 3.8) is 0 Å². The van der Waals surface area contributed by atoms with Crippen LogP contribution in [0.2, 0.25) is 0 Å². The summed E-state index contributed by atoms with van der Waals surface area (Å²) in [5.74, 6) is 1.17. The van der Waals surface area contributed by atoms with Crippen LogP contribution < -0.4 is 0 Å². The molecule has 88 valence electrons. The maximum Gasteiger partial charge on any atom is 0.0922 e. The Morgan fingerprint density at radius 3 is 2.47 bits per heavy atom. The van der Waals surface area contributed by atoms with Crippen LogP contribution in [0.5, 0.6) is 0 Å². The van der Waals surface area contributed by atoms with E-state index < -0.39 is 5.60 Å². The minimum atomic E-state index is -0.412. The predicted molar refractivity (Wildman–Crippen MR) is 59.8 cm³/mol. The standard InChI is InChI=1S/C12H23NO2/c1-10(2)12(14)8-13(9-12)7-11-3-5-15-6-4-11/h10-11,14H,3-9H2,1-2H3. The van der Waals surface area contributed by atoms with Gasteiger partial charge in [0.2, 0.25) is 0 Å². The van der Waals surface area contributed by atoms with Gasteiger partial charge in [0, 0.05) is 32.8 Å². The molecule has 2 rings (SSSR count). The number of likely N-dealkylation sites (tertiary alicyclic amines) is 1. The Morgan fingerprint density at radius 2 is 1.93 bits per heavy atom. The third-order valence-corrected chi connectivity index (χ3v) is 3.93. The Hall–Kier alpha value is -0.120. The largest absolute Gasteiger partial charge is 0.387 e. The average Bonchev–Trinajstić information content (AvgIpc) is 2.16. The van der Waals surface area contributed by atoms with Crippen molar-refractivity contribution in [3.8, 4) is 0 Å². The molecule has 0 aromatic heterocycles. The fourth-order valence-electron chi connectivity index (χ4n) is 2.52. The molecule has 0 aromatic rings. The zero-order valence-electron chi connectivity index (χ0n) is 9.91. The van der Waals surface area contributed by atoms with Crippen LogP contribution in [0.15, 0.2) is 0 Å². The molecule has 0 atom stereocenters. The highest BCUT2D eigenvalue weighted by atomic mass is 16.5. The highest BCUT2D eigenvalue weighted by molar-refractivity contribution is 4.98. The molecule has 2 heterocycles. The van der Waals surface area contributed by atoms with Crippen molar-refractivity contribution in [2.45, 2.75) is 32.3 Å². The van der Waals surface area contributed by atoms with Crippen molar-refractivity contribution in [1.29, 1.82) is 0 Å². The third kappa shape index (κ3) is 2.52. The summed E-state index contributed by atoms with van der Waals surface area (Å²) in [6, 6.07) is 0. The van der Waals surface area contributed by atoms with Gasteiger partial charge >= 0.3 is 0 Å². The van der Waals surface area contributed by atoms with E-state index in [0.717, 1.165) is 38.8 Å². The van der Waals surface area contributed by atoms with Crippen molar-refractivity contribution in [1.82, 2.24) is 4.90 Å². The quantitative estimate of drug-likeness (QED) is 0.762. The van der Waals surface area contributed by atoms with E-state index in [9.17, 15) is 5.11 Å². The van der Waals surface area contributed by atoms with E-state index in [1.165, 1.54) is 12.8 Å². The molecule has 2 fully saturated rings. The Balaban J connectivity index is 1.70. The molecule has 0 aromatic carbocycles. The molecule has 2 aliphatic rings. The third-order valence-electron chi connectivity index (χ3n) is 3.93. The molecule has 1 N–H and O–H groups in total. The van der Waals surface area contributed by atoms with Crippen LogP contribution in [-0.4, -0.2) is 48.5 Å². The summed E-state index contributed by atoms with van der Waals surface area (Å²) < 4.78 is 5.34. The van der Waals surface area contributed by atoms with Crippen molar-refractivity contribution in [3.05, 3.63) is 0 Å². The van der Waals surface area contributed by atoms with Crippen LogP contribution in [0.1, 0.15) is 26.7 Å². The summed E-state index contributed by atoms with van der Waals surface area (Å²) >= 11 is 0. The highest BCUT2D eigenvalue weighted by Crippen LogP contribution is 2.30. The van der Waals surface area contributed by atoms with Crippen LogP contribution in [-0.2, 0) is 4.74 Å². The second kappa shape index (κ2) is 4.40. The lowest BCUT2D eigenvalue weighted by atomic mass is 9.82. The lowest BCUT2D eigenvalue weighted by Crippen LogP contribution is -2.65. The van der Waals surface area contributed by atoms with Gasteiger partial charge in [-0.3, -0.25) is 4.90 Å². The van der Waals surface area contributed by atoms with Gasteiger partial charge in [-0.25, -0.2) is 0 Å². The van der Waals surface area contributed by atoms with Gasteiger partial charge in [-0.15, -0.1) is 0 Å². The van der Waals surface area contributed by atoms with E-state index in [1.54, 1.807) is 0 Å². The molecule has 0 radical (unpaired) electrons. The maximum absolute atomic E-state index is 10.1. The van der Waals surface area contributed by atoms with Gasteiger partial charge in [0.1, 0.15) is 0 Å². The summed E-state index contributed by atoms with van der Waals surface area (Å²) in [7, 11) is 0. The number of aliphatic hydroxyl groups is 1. The fraction of sp³-hybridized carbons (Fsp3) is 1.00. The minimum Gasteiger partial charge on any atom is -0.387 e. The summed E-state index contributed by atoms with van der Waals surface area (Å²) in [5, 5.41) is 10.1. The van der Waals surface area contributed by atoms with Crippen molar-refractivity contribution in [2.24, 2.45) is 11.8 Å². The lowest BCUT2D eigenvalue weighted by Gasteiger charge is -2.50. The first-order valence-corrected chi connectivity index (χ1v) is 6.12. The zero-order valence-corrected chi connectivity index (χ0v) is 9.91. The molecule has 0 saturated carbocycles. The molecule has 0 aliphatic carbocycles. The number of β-amino-alcohol motifs (C(OH)–C–C–N with tert-alkyl or cyclic N) is 1. The molecule has 0 unspecified atom stereocenters. The first-order chi connectivity index (χ1) is 7.10. The van der Waals surface area contributed by atoms with E-state index in [2.05, 4.69) is 18.7 Å². The summed E-state index contributed by atoms with van der Waals surface area (Å²) in [6.07, 6.45) is 2.38. The first kappa shape index (κ1) is 11.4. The van der Waals surface area contributed by atoms with Gasteiger partial charge in [-0.2, -0.15) is 0 Å². The number of rotatable bonds is 3. The van der Waals surface area contributed by atoms with Gasteiger partial charge in [0.05, 0.1) is 5.60 Å². The molecule has 2 aliphatic heterocycles. The number of hydrogen-bond acceptors (Lipinski definition) is 3. The first-order valence-electron chi connectivity index (χ1n) is 6.12. The molecule has 2 saturated heterocycles. The molecular formula is C12H23NO2. The van der Waals surface area contributed by atoms with E-state index in [4.69, 9.17) is 4.74 Å². The summed E-state index contributed by atoms with van der Waals surface area (Å²) in [4.78, 5) is 2.38. The minimum absolute atomic E-state index is 0.378. The zero-order chi connectivity index (χ0) is 10.9. The number of ether oxygens (including phenoxy) is 1. The normalized spacial score (nSPS) is 28.0. The van der Waals surface area contributed by atoms with Crippen molar-refractivity contribution >= 4 is 0 Å². The van der Waals surface area contributed by atoms with Crippen molar-refractivity contribution in [2.75, 3.05) is 32.8 Å². The van der Waals surface area contributed by atoms with Gasteiger partial charge in [-0.05, 0) is 24.7 Å². The number of nitrogens with zero attached hydrogens (tertiary/aromatic N) is 1. The van der Waals surface area contributed by atoms with E-state index in [1.807, 2.05) is 0 Å².